The Hall–Kier alpha value is -1.16. The van der Waals surface area contributed by atoms with Gasteiger partial charge < -0.3 is 10.4 Å². The summed E-state index contributed by atoms with van der Waals surface area (Å²) in [5.74, 6) is 0.217. The van der Waals surface area contributed by atoms with Crippen molar-refractivity contribution in [1.82, 2.24) is 0 Å². The number of carboxylic acids is 1. The maximum Gasteiger partial charge on any atom is 0.303 e. The average Bonchev–Trinajstić information content (AvgIpc) is 2.34. The predicted molar refractivity (Wildman–Crippen MR) is 80.1 cm³/mol. The topological polar surface area (TPSA) is 49.3 Å². The van der Waals surface area contributed by atoms with Gasteiger partial charge >= 0.3 is 5.97 Å². The van der Waals surface area contributed by atoms with Gasteiger partial charge in [0.2, 0.25) is 0 Å². The van der Waals surface area contributed by atoms with Gasteiger partial charge in [-0.25, -0.2) is 0 Å². The first-order chi connectivity index (χ1) is 8.86. The highest BCUT2D eigenvalue weighted by molar-refractivity contribution is 7.99. The third-order valence-corrected chi connectivity index (χ3v) is 4.57. The van der Waals surface area contributed by atoms with E-state index in [9.17, 15) is 4.79 Å². The molecule has 0 saturated heterocycles. The second-order valence-corrected chi connectivity index (χ2v) is 7.11. The van der Waals surface area contributed by atoms with Gasteiger partial charge in [0.1, 0.15) is 0 Å². The van der Waals surface area contributed by atoms with Gasteiger partial charge in [0.15, 0.2) is 0 Å². The van der Waals surface area contributed by atoms with E-state index in [1.54, 1.807) is 0 Å². The fraction of sp³-hybridized carbons (Fsp3) is 0.533. The number of fused-ring (bicyclic) bond motifs is 1. The van der Waals surface area contributed by atoms with Crippen LogP contribution in [-0.2, 0) is 10.2 Å². The lowest BCUT2D eigenvalue weighted by molar-refractivity contribution is -0.137. The molecule has 1 heterocycles. The van der Waals surface area contributed by atoms with Crippen LogP contribution in [0.5, 0.6) is 0 Å². The molecule has 1 aliphatic heterocycles. The van der Waals surface area contributed by atoms with E-state index in [0.717, 1.165) is 11.4 Å². The van der Waals surface area contributed by atoms with Crippen molar-refractivity contribution in [3.05, 3.63) is 23.8 Å². The third-order valence-electron chi connectivity index (χ3n) is 3.35. The van der Waals surface area contributed by atoms with E-state index < -0.39 is 5.97 Å². The molecule has 0 aliphatic carbocycles. The summed E-state index contributed by atoms with van der Waals surface area (Å²) < 4.78 is 0. The molecular weight excluding hydrogens is 258 g/mol. The van der Waals surface area contributed by atoms with Crippen molar-refractivity contribution >= 4 is 23.4 Å². The van der Waals surface area contributed by atoms with Crippen molar-refractivity contribution in [1.29, 1.82) is 0 Å². The number of benzene rings is 1. The van der Waals surface area contributed by atoms with Gasteiger partial charge in [-0.1, -0.05) is 26.8 Å². The molecule has 104 valence electrons. The molecule has 2 rings (SSSR count). The highest BCUT2D eigenvalue weighted by atomic mass is 32.2. The van der Waals surface area contributed by atoms with E-state index in [1.165, 1.54) is 10.5 Å². The summed E-state index contributed by atoms with van der Waals surface area (Å²) in [4.78, 5) is 11.9. The quantitative estimate of drug-likeness (QED) is 0.885. The molecule has 2 N–H and O–H groups in total. The molecule has 0 fully saturated rings. The van der Waals surface area contributed by atoms with Gasteiger partial charge in [-0.3, -0.25) is 4.79 Å². The van der Waals surface area contributed by atoms with Crippen LogP contribution < -0.4 is 5.32 Å². The Bertz CT molecular complexity index is 480. The molecule has 0 amide bonds. The number of hydrogen-bond acceptors (Lipinski definition) is 3. The maximum atomic E-state index is 10.6. The summed E-state index contributed by atoms with van der Waals surface area (Å²) in [6.45, 7) is 6.64. The van der Waals surface area contributed by atoms with Gasteiger partial charge in [0.05, 0.1) is 0 Å². The van der Waals surface area contributed by atoms with Crippen LogP contribution in [0.25, 0.3) is 0 Å². The SMILES string of the molecule is CC(C)(C)c1ccc2c(c1)SCC(CCC(=O)O)N2. The Kier molecular flexibility index (Phi) is 4.09. The zero-order valence-corrected chi connectivity index (χ0v) is 12.5. The van der Waals surface area contributed by atoms with E-state index in [4.69, 9.17) is 5.11 Å². The van der Waals surface area contributed by atoms with Gasteiger partial charge in [-0.15, -0.1) is 11.8 Å². The summed E-state index contributed by atoms with van der Waals surface area (Å²) in [7, 11) is 0. The minimum absolute atomic E-state index is 0.162. The van der Waals surface area contributed by atoms with Crippen molar-refractivity contribution in [2.24, 2.45) is 0 Å². The van der Waals surface area contributed by atoms with Crippen LogP contribution in [0.1, 0.15) is 39.2 Å². The molecule has 3 nitrogen and oxygen atoms in total. The number of rotatable bonds is 3. The fourth-order valence-electron chi connectivity index (χ4n) is 2.13. The largest absolute Gasteiger partial charge is 0.481 e. The molecule has 0 bridgehead atoms. The van der Waals surface area contributed by atoms with E-state index in [1.807, 2.05) is 11.8 Å². The number of anilines is 1. The van der Waals surface area contributed by atoms with E-state index in [-0.39, 0.29) is 17.9 Å². The molecule has 1 atom stereocenters. The lowest BCUT2D eigenvalue weighted by Crippen LogP contribution is -2.27. The highest BCUT2D eigenvalue weighted by Crippen LogP contribution is 2.37. The van der Waals surface area contributed by atoms with E-state index >= 15 is 0 Å². The van der Waals surface area contributed by atoms with Gasteiger partial charge in [-0.2, -0.15) is 0 Å². The van der Waals surface area contributed by atoms with Crippen LogP contribution in [-0.4, -0.2) is 22.9 Å². The molecule has 19 heavy (non-hydrogen) atoms. The van der Waals surface area contributed by atoms with Gasteiger partial charge in [-0.05, 0) is 29.5 Å². The van der Waals surface area contributed by atoms with E-state index in [0.29, 0.717) is 6.42 Å². The average molecular weight is 279 g/mol. The Morgan fingerprint density at radius 3 is 2.84 bits per heavy atom. The second kappa shape index (κ2) is 5.45. The summed E-state index contributed by atoms with van der Waals surface area (Å²) in [5, 5.41) is 12.2. The van der Waals surface area contributed by atoms with Crippen molar-refractivity contribution in [2.45, 2.75) is 50.0 Å². The Labute approximate surface area is 118 Å². The number of thioether (sulfide) groups is 1. The minimum atomic E-state index is -0.722. The van der Waals surface area contributed by atoms with Crippen molar-refractivity contribution in [3.63, 3.8) is 0 Å². The molecule has 1 aromatic rings. The second-order valence-electron chi connectivity index (χ2n) is 6.05. The van der Waals surface area contributed by atoms with Crippen LogP contribution in [0.4, 0.5) is 5.69 Å². The number of carboxylic acid groups (broad SMARTS) is 1. The lowest BCUT2D eigenvalue weighted by atomic mass is 9.87. The van der Waals surface area contributed by atoms with Crippen molar-refractivity contribution in [3.8, 4) is 0 Å². The van der Waals surface area contributed by atoms with Crippen molar-refractivity contribution in [2.75, 3.05) is 11.1 Å². The monoisotopic (exact) mass is 279 g/mol. The summed E-state index contributed by atoms with van der Waals surface area (Å²) >= 11 is 1.82. The Morgan fingerprint density at radius 1 is 1.47 bits per heavy atom. The normalized spacial score (nSPS) is 18.6. The van der Waals surface area contributed by atoms with Crippen LogP contribution in [0.3, 0.4) is 0 Å². The number of carbonyl (C=O) groups is 1. The van der Waals surface area contributed by atoms with Crippen LogP contribution in [0.2, 0.25) is 0 Å². The first-order valence-corrected chi connectivity index (χ1v) is 7.60. The standard InChI is InChI=1S/C15H21NO2S/c1-15(2,3)10-4-6-12-13(8-10)19-9-11(16-12)5-7-14(17)18/h4,6,8,11,16H,5,7,9H2,1-3H3,(H,17,18). The molecule has 0 saturated carbocycles. The zero-order valence-electron chi connectivity index (χ0n) is 11.7. The lowest BCUT2D eigenvalue weighted by Gasteiger charge is -2.28. The number of nitrogens with one attached hydrogen (secondary N) is 1. The first-order valence-electron chi connectivity index (χ1n) is 6.62. The number of hydrogen-bond donors (Lipinski definition) is 2. The zero-order chi connectivity index (χ0) is 14.0. The highest BCUT2D eigenvalue weighted by Gasteiger charge is 2.21. The van der Waals surface area contributed by atoms with Crippen molar-refractivity contribution < 1.29 is 9.90 Å². The van der Waals surface area contributed by atoms with E-state index in [2.05, 4.69) is 44.3 Å². The smallest absolute Gasteiger partial charge is 0.303 e. The molecule has 1 aliphatic rings. The van der Waals surface area contributed by atoms with Crippen LogP contribution in [0, 0.1) is 0 Å². The molecule has 0 spiro atoms. The molecule has 1 unspecified atom stereocenters. The Morgan fingerprint density at radius 2 is 2.21 bits per heavy atom. The summed E-state index contributed by atoms with van der Waals surface area (Å²) in [6.07, 6.45) is 0.913. The summed E-state index contributed by atoms with van der Waals surface area (Å²) in [6, 6.07) is 6.79. The summed E-state index contributed by atoms with van der Waals surface area (Å²) in [5.41, 5.74) is 2.64. The molecule has 4 heteroatoms. The first kappa shape index (κ1) is 14.3. The van der Waals surface area contributed by atoms with Gasteiger partial charge in [0.25, 0.3) is 0 Å². The molecular formula is C15H21NO2S. The van der Waals surface area contributed by atoms with Gasteiger partial charge in [0, 0.05) is 28.8 Å². The molecule has 1 aromatic carbocycles. The number of aliphatic carboxylic acids is 1. The predicted octanol–water partition coefficient (Wildman–Crippen LogP) is 3.74. The fourth-order valence-corrected chi connectivity index (χ4v) is 3.26. The maximum absolute atomic E-state index is 10.6. The molecule has 0 radical (unpaired) electrons. The Balaban J connectivity index is 2.08. The molecule has 0 aromatic heterocycles. The third kappa shape index (κ3) is 3.66. The minimum Gasteiger partial charge on any atom is -0.481 e. The van der Waals surface area contributed by atoms with Crippen LogP contribution in [0.15, 0.2) is 23.1 Å². The van der Waals surface area contributed by atoms with Crippen LogP contribution >= 0.6 is 11.8 Å².